The van der Waals surface area contributed by atoms with Gasteiger partial charge < -0.3 is 15.0 Å². The van der Waals surface area contributed by atoms with E-state index in [0.717, 1.165) is 8.66 Å². The van der Waals surface area contributed by atoms with Crippen LogP contribution in [0.4, 0.5) is 5.69 Å². The van der Waals surface area contributed by atoms with Crippen molar-refractivity contribution in [3.63, 3.8) is 0 Å². The maximum atomic E-state index is 12.6. The first-order valence-electron chi connectivity index (χ1n) is 7.30. The molecule has 0 saturated heterocycles. The maximum Gasteiger partial charge on any atom is 0.262 e. The molecule has 1 aliphatic heterocycles. The number of rotatable bonds is 3. The minimum atomic E-state index is -0.724. The highest BCUT2D eigenvalue weighted by molar-refractivity contribution is 9.11. The molecule has 0 bridgehead atoms. The molecule has 2 amide bonds. The fourth-order valence-corrected chi connectivity index (χ4v) is 3.73. The van der Waals surface area contributed by atoms with E-state index in [4.69, 9.17) is 4.74 Å². The second kappa shape index (κ2) is 7.19. The van der Waals surface area contributed by atoms with Crippen LogP contribution in [0.2, 0.25) is 0 Å². The molecular weight excluding hydrogens is 392 g/mol. The summed E-state index contributed by atoms with van der Waals surface area (Å²) in [4.78, 5) is 27.1. The predicted molar refractivity (Wildman–Crippen MR) is 98.3 cm³/mol. The lowest BCUT2D eigenvalue weighted by Crippen LogP contribution is -2.49. The molecule has 0 unspecified atom stereocenters. The SMILES string of the molecule is CNC(=O)[C@@H]1CN(C(=O)/C=C/c2ccc(Br)s2)c2ccccc2O1. The summed E-state index contributed by atoms with van der Waals surface area (Å²) in [6, 6.07) is 11.1. The number of likely N-dealkylation sites (N-methyl/N-ethyl adjacent to an activating group) is 1. The van der Waals surface area contributed by atoms with Crippen molar-refractivity contribution in [1.82, 2.24) is 5.32 Å². The highest BCUT2D eigenvalue weighted by atomic mass is 79.9. The van der Waals surface area contributed by atoms with Gasteiger partial charge in [-0.15, -0.1) is 11.3 Å². The first-order chi connectivity index (χ1) is 11.6. The summed E-state index contributed by atoms with van der Waals surface area (Å²) in [5, 5.41) is 2.56. The Bertz CT molecular complexity index is 803. The molecule has 1 aromatic carbocycles. The van der Waals surface area contributed by atoms with E-state index in [2.05, 4.69) is 21.2 Å². The van der Waals surface area contributed by atoms with Gasteiger partial charge >= 0.3 is 0 Å². The summed E-state index contributed by atoms with van der Waals surface area (Å²) >= 11 is 4.94. The highest BCUT2D eigenvalue weighted by Gasteiger charge is 2.32. The molecule has 3 rings (SSSR count). The number of fused-ring (bicyclic) bond motifs is 1. The van der Waals surface area contributed by atoms with Crippen LogP contribution in [0.15, 0.2) is 46.3 Å². The third kappa shape index (κ3) is 3.52. The molecule has 0 radical (unpaired) electrons. The Labute approximate surface area is 152 Å². The Hall–Kier alpha value is -2.12. The van der Waals surface area contributed by atoms with Gasteiger partial charge in [-0.2, -0.15) is 0 Å². The van der Waals surface area contributed by atoms with Crippen LogP contribution in [-0.4, -0.2) is 31.5 Å². The number of benzene rings is 1. The van der Waals surface area contributed by atoms with Crippen molar-refractivity contribution in [3.05, 3.63) is 51.1 Å². The second-order valence-corrected chi connectivity index (χ2v) is 7.61. The van der Waals surface area contributed by atoms with Gasteiger partial charge in [-0.3, -0.25) is 9.59 Å². The monoisotopic (exact) mass is 406 g/mol. The zero-order chi connectivity index (χ0) is 17.1. The minimum absolute atomic E-state index is 0.175. The summed E-state index contributed by atoms with van der Waals surface area (Å²) in [5.74, 6) is 0.0793. The summed E-state index contributed by atoms with van der Waals surface area (Å²) in [6.07, 6.45) is 2.56. The molecule has 2 heterocycles. The van der Waals surface area contributed by atoms with Crippen molar-refractivity contribution in [2.45, 2.75) is 6.10 Å². The van der Waals surface area contributed by atoms with Gasteiger partial charge in [0.25, 0.3) is 11.8 Å². The van der Waals surface area contributed by atoms with Crippen molar-refractivity contribution in [1.29, 1.82) is 0 Å². The number of carbonyl (C=O) groups is 2. The van der Waals surface area contributed by atoms with Gasteiger partial charge in [0.05, 0.1) is 16.0 Å². The van der Waals surface area contributed by atoms with E-state index in [-0.39, 0.29) is 18.4 Å². The molecule has 0 spiro atoms. The Morgan fingerprint density at radius 1 is 1.33 bits per heavy atom. The topological polar surface area (TPSA) is 58.6 Å². The lowest BCUT2D eigenvalue weighted by molar-refractivity contribution is -0.127. The number of halogens is 1. The molecule has 2 aromatic rings. The summed E-state index contributed by atoms with van der Waals surface area (Å²) in [6.45, 7) is 0.175. The molecule has 124 valence electrons. The average Bonchev–Trinajstić information content (AvgIpc) is 3.03. The van der Waals surface area contributed by atoms with Crippen LogP contribution >= 0.6 is 27.3 Å². The summed E-state index contributed by atoms with van der Waals surface area (Å²) in [5.41, 5.74) is 0.666. The van der Waals surface area contributed by atoms with Crippen LogP contribution < -0.4 is 15.0 Å². The number of carbonyl (C=O) groups excluding carboxylic acids is 2. The lowest BCUT2D eigenvalue weighted by Gasteiger charge is -2.33. The molecule has 24 heavy (non-hydrogen) atoms. The molecule has 0 saturated carbocycles. The molecular formula is C17H15BrN2O3S. The van der Waals surface area contributed by atoms with E-state index >= 15 is 0 Å². The number of thiophene rings is 1. The van der Waals surface area contributed by atoms with Gasteiger partial charge in [-0.1, -0.05) is 12.1 Å². The molecule has 0 aliphatic carbocycles. The Balaban J connectivity index is 1.86. The van der Waals surface area contributed by atoms with Gasteiger partial charge in [0, 0.05) is 18.0 Å². The van der Waals surface area contributed by atoms with Crippen LogP contribution in [0.3, 0.4) is 0 Å². The fraction of sp³-hybridized carbons (Fsp3) is 0.176. The van der Waals surface area contributed by atoms with Crippen LogP contribution in [0.1, 0.15) is 4.88 Å². The smallest absolute Gasteiger partial charge is 0.262 e. The van der Waals surface area contributed by atoms with Crippen molar-refractivity contribution < 1.29 is 14.3 Å². The number of anilines is 1. The largest absolute Gasteiger partial charge is 0.477 e. The number of nitrogens with zero attached hydrogens (tertiary/aromatic N) is 1. The number of amides is 2. The van der Waals surface area contributed by atoms with Crippen molar-refractivity contribution in [3.8, 4) is 5.75 Å². The standard InChI is InChI=1S/C17H15BrN2O3S/c1-19-17(22)14-10-20(12-4-2-3-5-13(12)23-14)16(21)9-7-11-6-8-15(18)24-11/h2-9,14H,10H2,1H3,(H,19,22)/b9-7+/t14-/m0/s1. The van der Waals surface area contributed by atoms with Crippen molar-refractivity contribution in [2.75, 3.05) is 18.5 Å². The van der Waals surface area contributed by atoms with E-state index in [1.165, 1.54) is 6.08 Å². The molecule has 1 N–H and O–H groups in total. The highest BCUT2D eigenvalue weighted by Crippen LogP contribution is 2.33. The number of nitrogens with one attached hydrogen (secondary N) is 1. The molecule has 7 heteroatoms. The van der Waals surface area contributed by atoms with Crippen molar-refractivity contribution >= 4 is 50.8 Å². The van der Waals surface area contributed by atoms with Crippen LogP contribution in [0, 0.1) is 0 Å². The predicted octanol–water partition coefficient (Wildman–Crippen LogP) is 3.06. The first-order valence-corrected chi connectivity index (χ1v) is 8.91. The van der Waals surface area contributed by atoms with E-state index in [9.17, 15) is 9.59 Å². The fourth-order valence-electron chi connectivity index (χ4n) is 2.40. The van der Waals surface area contributed by atoms with Gasteiger partial charge in [0.15, 0.2) is 6.10 Å². The molecule has 1 aromatic heterocycles. The second-order valence-electron chi connectivity index (χ2n) is 5.11. The van der Waals surface area contributed by atoms with Crippen LogP contribution in [0.25, 0.3) is 6.08 Å². The van der Waals surface area contributed by atoms with E-state index in [0.29, 0.717) is 11.4 Å². The van der Waals surface area contributed by atoms with Crippen molar-refractivity contribution in [2.24, 2.45) is 0 Å². The minimum Gasteiger partial charge on any atom is -0.477 e. The third-order valence-electron chi connectivity index (χ3n) is 3.56. The molecule has 1 atom stereocenters. The summed E-state index contributed by atoms with van der Waals surface area (Å²) < 4.78 is 6.70. The Morgan fingerprint density at radius 3 is 2.83 bits per heavy atom. The van der Waals surface area contributed by atoms with E-state index in [1.807, 2.05) is 30.3 Å². The number of ether oxygens (including phenoxy) is 1. The van der Waals surface area contributed by atoms with Crippen LogP contribution in [-0.2, 0) is 9.59 Å². The van der Waals surface area contributed by atoms with E-state index < -0.39 is 6.10 Å². The van der Waals surface area contributed by atoms with Gasteiger partial charge in [-0.05, 0) is 46.3 Å². The number of para-hydroxylation sites is 2. The quantitative estimate of drug-likeness (QED) is 0.796. The van der Waals surface area contributed by atoms with Gasteiger partial charge in [-0.25, -0.2) is 0 Å². The van der Waals surface area contributed by atoms with Crippen LogP contribution in [0.5, 0.6) is 5.75 Å². The summed E-state index contributed by atoms with van der Waals surface area (Å²) in [7, 11) is 1.55. The lowest BCUT2D eigenvalue weighted by atomic mass is 10.1. The first kappa shape index (κ1) is 16.7. The molecule has 0 fully saturated rings. The zero-order valence-corrected chi connectivity index (χ0v) is 15.3. The van der Waals surface area contributed by atoms with Gasteiger partial charge in [0.1, 0.15) is 5.75 Å². The average molecular weight is 407 g/mol. The third-order valence-corrected chi connectivity index (χ3v) is 5.15. The molecule has 1 aliphatic rings. The normalized spacial score (nSPS) is 16.6. The van der Waals surface area contributed by atoms with E-state index in [1.54, 1.807) is 35.4 Å². The maximum absolute atomic E-state index is 12.6. The number of hydrogen-bond donors (Lipinski definition) is 1. The Kier molecular flexibility index (Phi) is 5.01. The number of hydrogen-bond acceptors (Lipinski definition) is 4. The zero-order valence-electron chi connectivity index (χ0n) is 12.9. The molecule has 5 nitrogen and oxygen atoms in total. The van der Waals surface area contributed by atoms with Gasteiger partial charge in [0.2, 0.25) is 0 Å². The Morgan fingerprint density at radius 2 is 2.12 bits per heavy atom.